The van der Waals surface area contributed by atoms with E-state index >= 15 is 0 Å². The van der Waals surface area contributed by atoms with Crippen LogP contribution in [0.3, 0.4) is 0 Å². The first kappa shape index (κ1) is 31.1. The summed E-state index contributed by atoms with van der Waals surface area (Å²) in [6.07, 6.45) is -1.93. The van der Waals surface area contributed by atoms with E-state index < -0.39 is 30.3 Å². The summed E-state index contributed by atoms with van der Waals surface area (Å²) in [6.45, 7) is 3.59. The molecular weight excluding hydrogens is 566 g/mol. The molecule has 1 N–H and O–H groups in total. The number of esters is 1. The van der Waals surface area contributed by atoms with Gasteiger partial charge < -0.3 is 29.0 Å². The number of ether oxygens (including phenoxy) is 5. The summed E-state index contributed by atoms with van der Waals surface area (Å²) < 4.78 is 32.2. The highest BCUT2D eigenvalue weighted by molar-refractivity contribution is 5.75. The summed E-state index contributed by atoms with van der Waals surface area (Å²) in [7, 11) is 0. The van der Waals surface area contributed by atoms with Gasteiger partial charge in [0.25, 0.3) is 0 Å². The lowest BCUT2D eigenvalue weighted by Gasteiger charge is -2.44. The molecule has 2 fully saturated rings. The lowest BCUT2D eigenvalue weighted by Crippen LogP contribution is -2.62. The molecule has 0 aromatic heterocycles. The summed E-state index contributed by atoms with van der Waals surface area (Å²) in [5.74, 6) is -0.868. The molecule has 0 radical (unpaired) electrons. The van der Waals surface area contributed by atoms with Crippen LogP contribution in [0.15, 0.2) is 121 Å². The van der Waals surface area contributed by atoms with Gasteiger partial charge in [-0.25, -0.2) is 0 Å². The predicted octanol–water partition coefficient (Wildman–Crippen LogP) is 6.03. The molecule has 2 saturated heterocycles. The van der Waals surface area contributed by atoms with Crippen LogP contribution in [-0.4, -0.2) is 49.6 Å². The van der Waals surface area contributed by atoms with Gasteiger partial charge in [-0.2, -0.15) is 0 Å². The third kappa shape index (κ3) is 7.69. The van der Waals surface area contributed by atoms with Crippen molar-refractivity contribution in [2.45, 2.75) is 63.2 Å². The predicted molar refractivity (Wildman–Crippen MR) is 171 cm³/mol. The Morgan fingerprint density at radius 3 is 1.76 bits per heavy atom. The Bertz CT molecular complexity index is 1460. The molecule has 2 aliphatic rings. The van der Waals surface area contributed by atoms with Crippen LogP contribution >= 0.6 is 0 Å². The van der Waals surface area contributed by atoms with Gasteiger partial charge in [0.2, 0.25) is 0 Å². The highest BCUT2D eigenvalue weighted by atomic mass is 16.6. The van der Waals surface area contributed by atoms with Crippen LogP contribution < -0.4 is 5.32 Å². The van der Waals surface area contributed by atoms with Gasteiger partial charge >= 0.3 is 5.97 Å². The average molecular weight is 608 g/mol. The van der Waals surface area contributed by atoms with E-state index in [2.05, 4.69) is 5.32 Å². The van der Waals surface area contributed by atoms with E-state index in [0.717, 1.165) is 22.3 Å². The van der Waals surface area contributed by atoms with Crippen molar-refractivity contribution >= 4 is 5.97 Å². The van der Waals surface area contributed by atoms with E-state index in [9.17, 15) is 4.79 Å². The number of fused-ring (bicyclic) bond motifs is 1. The van der Waals surface area contributed by atoms with E-state index in [4.69, 9.17) is 23.7 Å². The molecule has 0 bridgehead atoms. The molecule has 4 aromatic rings. The fraction of sp³-hybridized carbons (Fsp3) is 0.342. The summed E-state index contributed by atoms with van der Waals surface area (Å²) in [5, 5.41) is 3.74. The van der Waals surface area contributed by atoms with Crippen LogP contribution in [0.25, 0.3) is 0 Å². The number of carbonyl (C=O) groups is 1. The monoisotopic (exact) mass is 607 g/mol. The maximum atomic E-state index is 13.6. The number of rotatable bonds is 13. The Labute approximate surface area is 265 Å². The Morgan fingerprint density at radius 1 is 0.689 bits per heavy atom. The van der Waals surface area contributed by atoms with Crippen LogP contribution in [-0.2, 0) is 48.3 Å². The molecule has 0 aliphatic carbocycles. The maximum absolute atomic E-state index is 13.6. The van der Waals surface area contributed by atoms with Crippen molar-refractivity contribution < 1.29 is 28.5 Å². The van der Waals surface area contributed by atoms with Crippen molar-refractivity contribution in [2.24, 2.45) is 5.92 Å². The van der Waals surface area contributed by atoms with Crippen LogP contribution in [0.2, 0.25) is 0 Å². The summed E-state index contributed by atoms with van der Waals surface area (Å²) in [5.41, 5.74) is 4.17. The number of benzene rings is 4. The lowest BCUT2D eigenvalue weighted by atomic mass is 9.86. The van der Waals surface area contributed by atoms with E-state index in [1.807, 2.05) is 128 Å². The van der Waals surface area contributed by atoms with Gasteiger partial charge in [-0.15, -0.1) is 0 Å². The Balaban J connectivity index is 1.33. The minimum atomic E-state index is -0.577. The van der Waals surface area contributed by atoms with Crippen molar-refractivity contribution in [2.75, 3.05) is 13.2 Å². The summed E-state index contributed by atoms with van der Waals surface area (Å²) in [6, 6.07) is 39.6. The largest absolute Gasteiger partial charge is 0.466 e. The number of carbonyl (C=O) groups excluding carboxylic acids is 1. The quantitative estimate of drug-likeness (QED) is 0.186. The van der Waals surface area contributed by atoms with Crippen LogP contribution in [0.1, 0.15) is 35.2 Å². The topological polar surface area (TPSA) is 75.3 Å². The van der Waals surface area contributed by atoms with Crippen LogP contribution in [0, 0.1) is 5.92 Å². The molecule has 2 aliphatic heterocycles. The molecule has 0 saturated carbocycles. The Kier molecular flexibility index (Phi) is 10.7. The molecule has 0 amide bonds. The molecule has 45 heavy (non-hydrogen) atoms. The van der Waals surface area contributed by atoms with Gasteiger partial charge in [0.05, 0.1) is 45.2 Å². The van der Waals surface area contributed by atoms with Gasteiger partial charge in [-0.3, -0.25) is 4.79 Å². The summed E-state index contributed by atoms with van der Waals surface area (Å²) in [4.78, 5) is 13.6. The maximum Gasteiger partial charge on any atom is 0.313 e. The normalized spacial score (nSPS) is 25.8. The highest BCUT2D eigenvalue weighted by Crippen LogP contribution is 2.42. The summed E-state index contributed by atoms with van der Waals surface area (Å²) >= 11 is 0. The van der Waals surface area contributed by atoms with Gasteiger partial charge in [-0.1, -0.05) is 121 Å². The van der Waals surface area contributed by atoms with Crippen molar-refractivity contribution in [3.63, 3.8) is 0 Å². The zero-order chi connectivity index (χ0) is 30.8. The van der Waals surface area contributed by atoms with E-state index in [-0.39, 0.29) is 31.3 Å². The van der Waals surface area contributed by atoms with Gasteiger partial charge in [0.1, 0.15) is 24.2 Å². The zero-order valence-electron chi connectivity index (χ0n) is 25.6. The molecule has 7 heteroatoms. The first-order chi connectivity index (χ1) is 22.2. The van der Waals surface area contributed by atoms with Gasteiger partial charge in [0, 0.05) is 6.04 Å². The molecule has 7 nitrogen and oxygen atoms in total. The van der Waals surface area contributed by atoms with Crippen LogP contribution in [0.4, 0.5) is 0 Å². The Morgan fingerprint density at radius 2 is 1.20 bits per heavy atom. The number of hydrogen-bond acceptors (Lipinski definition) is 7. The second-order valence-electron chi connectivity index (χ2n) is 11.5. The van der Waals surface area contributed by atoms with Gasteiger partial charge in [-0.05, 0) is 29.2 Å². The smallest absolute Gasteiger partial charge is 0.313 e. The molecule has 0 spiro atoms. The van der Waals surface area contributed by atoms with Crippen LogP contribution in [0.5, 0.6) is 0 Å². The van der Waals surface area contributed by atoms with E-state index in [0.29, 0.717) is 19.8 Å². The molecule has 4 aromatic carbocycles. The van der Waals surface area contributed by atoms with E-state index in [1.165, 1.54) is 0 Å². The number of hydrogen-bond donors (Lipinski definition) is 1. The van der Waals surface area contributed by atoms with E-state index in [1.54, 1.807) is 0 Å². The first-order valence-corrected chi connectivity index (χ1v) is 15.8. The second-order valence-corrected chi connectivity index (χ2v) is 11.5. The molecule has 4 unspecified atom stereocenters. The average Bonchev–Trinajstić information content (AvgIpc) is 3.48. The minimum Gasteiger partial charge on any atom is -0.466 e. The van der Waals surface area contributed by atoms with Crippen molar-refractivity contribution in [3.8, 4) is 0 Å². The highest BCUT2D eigenvalue weighted by Gasteiger charge is 2.58. The molecule has 7 atom stereocenters. The Hall–Kier alpha value is -3.85. The standard InChI is InChI=1S/C38H41NO6/c1-2-42-38(40)32-33(30-21-13-6-14-22-30)39-34-36(32)45-31(26-41-23-27-15-7-3-8-16-27)35(43-24-28-17-9-4-10-18-28)37(34)44-25-29-19-11-5-12-20-29/h3-22,31-37,39H,2,23-26H2,1H3/t31?,32?,33?,34-,35-,36?,37-/m1/s1. The fourth-order valence-electron chi connectivity index (χ4n) is 6.37. The molecule has 6 rings (SSSR count). The second kappa shape index (κ2) is 15.4. The fourth-order valence-corrected chi connectivity index (χ4v) is 6.37. The number of nitrogens with one attached hydrogen (secondary N) is 1. The lowest BCUT2D eigenvalue weighted by molar-refractivity contribution is -0.232. The van der Waals surface area contributed by atoms with Crippen molar-refractivity contribution in [3.05, 3.63) is 144 Å². The third-order valence-corrected chi connectivity index (χ3v) is 8.50. The first-order valence-electron chi connectivity index (χ1n) is 15.8. The third-order valence-electron chi connectivity index (χ3n) is 8.50. The molecule has 234 valence electrons. The zero-order valence-corrected chi connectivity index (χ0v) is 25.6. The van der Waals surface area contributed by atoms with Crippen molar-refractivity contribution in [1.29, 1.82) is 0 Å². The van der Waals surface area contributed by atoms with Gasteiger partial charge in [0.15, 0.2) is 0 Å². The SMILES string of the molecule is CCOC(=O)C1C(c2ccccc2)N[C@@H]2C1OC(COCc1ccccc1)[C@@H](OCc1ccccc1)[C@@H]2OCc1ccccc1. The molecular formula is C38H41NO6. The molecule has 2 heterocycles. The minimum absolute atomic E-state index is 0.272. The van der Waals surface area contributed by atoms with Crippen molar-refractivity contribution in [1.82, 2.24) is 5.32 Å².